The topological polar surface area (TPSA) is 9.23 Å². The molecule has 1 rings (SSSR count). The number of hydrogen-bond donors (Lipinski definition) is 1. The summed E-state index contributed by atoms with van der Waals surface area (Å²) in [5.41, 5.74) is 1.38. The number of aryl methyl sites for hydroxylation is 1. The molecule has 84 valence electrons. The van der Waals surface area contributed by atoms with Gasteiger partial charge in [-0.1, -0.05) is 32.4 Å². The van der Waals surface area contributed by atoms with E-state index in [1.165, 1.54) is 12.0 Å². The number of hydrogen-bond acceptors (Lipinski definition) is 2. The average Bonchev–Trinajstić information content (AvgIpc) is 2.28. The van der Waals surface area contributed by atoms with Gasteiger partial charge in [0.2, 0.25) is 0 Å². The van der Waals surface area contributed by atoms with Crippen LogP contribution in [0.3, 0.4) is 0 Å². The molecule has 15 heavy (non-hydrogen) atoms. The van der Waals surface area contributed by atoms with E-state index in [0.717, 1.165) is 18.6 Å². The first-order valence-electron chi connectivity index (χ1n) is 5.66. The van der Waals surface area contributed by atoms with Crippen molar-refractivity contribution >= 4 is 12.6 Å². The molecule has 0 fully saturated rings. The number of thiol groups is 1. The molecule has 0 aliphatic heterocycles. The van der Waals surface area contributed by atoms with Gasteiger partial charge in [0.05, 0.1) is 6.61 Å². The van der Waals surface area contributed by atoms with Crippen molar-refractivity contribution in [3.05, 3.63) is 29.8 Å². The molecule has 2 heteroatoms. The quantitative estimate of drug-likeness (QED) is 0.724. The van der Waals surface area contributed by atoms with Crippen LogP contribution in [-0.4, -0.2) is 11.9 Å². The smallest absolute Gasteiger partial charge is 0.119 e. The van der Waals surface area contributed by atoms with Crippen LogP contribution in [0.25, 0.3) is 0 Å². The van der Waals surface area contributed by atoms with E-state index in [1.54, 1.807) is 0 Å². The highest BCUT2D eigenvalue weighted by Gasteiger charge is 2.00. The molecule has 0 bridgehead atoms. The maximum absolute atomic E-state index is 5.62. The van der Waals surface area contributed by atoms with Crippen molar-refractivity contribution in [3.63, 3.8) is 0 Å². The minimum absolute atomic E-state index is 0.334. The van der Waals surface area contributed by atoms with Gasteiger partial charge in [-0.25, -0.2) is 0 Å². The second-order valence-electron chi connectivity index (χ2n) is 3.77. The summed E-state index contributed by atoms with van der Waals surface area (Å²) in [4.78, 5) is 0. The van der Waals surface area contributed by atoms with Gasteiger partial charge in [-0.2, -0.15) is 12.6 Å². The van der Waals surface area contributed by atoms with E-state index >= 15 is 0 Å². The minimum Gasteiger partial charge on any atom is -0.492 e. The van der Waals surface area contributed by atoms with Crippen molar-refractivity contribution in [1.82, 2.24) is 0 Å². The average molecular weight is 224 g/mol. The number of benzene rings is 1. The van der Waals surface area contributed by atoms with E-state index in [2.05, 4.69) is 38.6 Å². The molecule has 0 N–H and O–H groups in total. The third-order valence-electron chi connectivity index (χ3n) is 2.38. The molecule has 1 aromatic rings. The van der Waals surface area contributed by atoms with E-state index in [9.17, 15) is 0 Å². The van der Waals surface area contributed by atoms with Crippen LogP contribution in [0.15, 0.2) is 24.3 Å². The van der Waals surface area contributed by atoms with Gasteiger partial charge in [-0.05, 0) is 30.5 Å². The Morgan fingerprint density at radius 1 is 1.20 bits per heavy atom. The Bertz CT molecular complexity index is 268. The Hall–Kier alpha value is -0.630. The number of rotatable bonds is 6. The van der Waals surface area contributed by atoms with Crippen molar-refractivity contribution in [1.29, 1.82) is 0 Å². The largest absolute Gasteiger partial charge is 0.492 e. The van der Waals surface area contributed by atoms with E-state index < -0.39 is 0 Å². The standard InChI is InChI=1S/C13H20OS/c1-3-5-11-6-8-12(9-7-11)14-10-13(15)4-2/h6-9,13,15H,3-5,10H2,1-2H3. The lowest BCUT2D eigenvalue weighted by Gasteiger charge is -2.10. The lowest BCUT2D eigenvalue weighted by molar-refractivity contribution is 0.315. The summed E-state index contributed by atoms with van der Waals surface area (Å²) < 4.78 is 5.62. The molecular weight excluding hydrogens is 204 g/mol. The normalized spacial score (nSPS) is 12.5. The third-order valence-corrected chi connectivity index (χ3v) is 2.89. The summed E-state index contributed by atoms with van der Waals surface area (Å²) in [6, 6.07) is 8.36. The highest BCUT2D eigenvalue weighted by Crippen LogP contribution is 2.14. The van der Waals surface area contributed by atoms with Gasteiger partial charge in [0.15, 0.2) is 0 Å². The van der Waals surface area contributed by atoms with E-state index in [4.69, 9.17) is 4.74 Å². The molecule has 0 aliphatic carbocycles. The molecule has 0 saturated heterocycles. The predicted octanol–water partition coefficient (Wildman–Crippen LogP) is 3.73. The van der Waals surface area contributed by atoms with Crippen molar-refractivity contribution in [3.8, 4) is 5.75 Å². The van der Waals surface area contributed by atoms with Gasteiger partial charge in [0, 0.05) is 5.25 Å². The molecule has 1 unspecified atom stereocenters. The summed E-state index contributed by atoms with van der Waals surface area (Å²) in [5.74, 6) is 0.947. The molecule has 0 radical (unpaired) electrons. The number of ether oxygens (including phenoxy) is 1. The first-order chi connectivity index (χ1) is 7.26. The second-order valence-corrected chi connectivity index (χ2v) is 4.50. The van der Waals surface area contributed by atoms with E-state index in [0.29, 0.717) is 11.9 Å². The summed E-state index contributed by atoms with van der Waals surface area (Å²) in [6.07, 6.45) is 3.37. The van der Waals surface area contributed by atoms with Gasteiger partial charge < -0.3 is 4.74 Å². The first kappa shape index (κ1) is 12.4. The van der Waals surface area contributed by atoms with Crippen LogP contribution >= 0.6 is 12.6 Å². The summed E-state index contributed by atoms with van der Waals surface area (Å²) in [5, 5.41) is 0.334. The second kappa shape index (κ2) is 6.78. The van der Waals surface area contributed by atoms with E-state index in [1.807, 2.05) is 12.1 Å². The van der Waals surface area contributed by atoms with Gasteiger partial charge in [0.1, 0.15) is 5.75 Å². The van der Waals surface area contributed by atoms with Crippen LogP contribution in [-0.2, 0) is 6.42 Å². The molecule has 0 aromatic heterocycles. The Labute approximate surface area is 98.3 Å². The molecule has 1 aromatic carbocycles. The molecule has 1 nitrogen and oxygen atoms in total. The Balaban J connectivity index is 2.42. The SMILES string of the molecule is CCCc1ccc(OCC(S)CC)cc1. The fourth-order valence-corrected chi connectivity index (χ4v) is 1.43. The molecule has 0 spiro atoms. The highest BCUT2D eigenvalue weighted by molar-refractivity contribution is 7.81. The van der Waals surface area contributed by atoms with Crippen LogP contribution in [0.5, 0.6) is 5.75 Å². The summed E-state index contributed by atoms with van der Waals surface area (Å²) in [7, 11) is 0. The molecular formula is C13H20OS. The molecule has 0 aliphatic rings. The van der Waals surface area contributed by atoms with Gasteiger partial charge in [0.25, 0.3) is 0 Å². The fraction of sp³-hybridized carbons (Fsp3) is 0.538. The maximum atomic E-state index is 5.62. The maximum Gasteiger partial charge on any atom is 0.119 e. The summed E-state index contributed by atoms with van der Waals surface area (Å²) in [6.45, 7) is 5.00. The van der Waals surface area contributed by atoms with E-state index in [-0.39, 0.29) is 0 Å². The van der Waals surface area contributed by atoms with Crippen LogP contribution in [0.2, 0.25) is 0 Å². The van der Waals surface area contributed by atoms with Crippen molar-refractivity contribution in [2.75, 3.05) is 6.61 Å². The Morgan fingerprint density at radius 3 is 2.40 bits per heavy atom. The zero-order valence-corrected chi connectivity index (χ0v) is 10.5. The first-order valence-corrected chi connectivity index (χ1v) is 6.17. The third kappa shape index (κ3) is 4.61. The Kier molecular flexibility index (Phi) is 5.62. The fourth-order valence-electron chi connectivity index (χ4n) is 1.35. The van der Waals surface area contributed by atoms with Crippen LogP contribution in [0, 0.1) is 0 Å². The zero-order chi connectivity index (χ0) is 11.1. The summed E-state index contributed by atoms with van der Waals surface area (Å²) >= 11 is 4.39. The van der Waals surface area contributed by atoms with Gasteiger partial charge >= 0.3 is 0 Å². The van der Waals surface area contributed by atoms with Crippen LogP contribution < -0.4 is 4.74 Å². The molecule has 1 atom stereocenters. The van der Waals surface area contributed by atoms with Crippen molar-refractivity contribution in [2.24, 2.45) is 0 Å². The van der Waals surface area contributed by atoms with Crippen LogP contribution in [0.1, 0.15) is 32.3 Å². The van der Waals surface area contributed by atoms with Crippen molar-refractivity contribution < 1.29 is 4.74 Å². The Morgan fingerprint density at radius 2 is 1.87 bits per heavy atom. The van der Waals surface area contributed by atoms with Gasteiger partial charge in [-0.15, -0.1) is 0 Å². The highest BCUT2D eigenvalue weighted by atomic mass is 32.1. The van der Waals surface area contributed by atoms with Crippen molar-refractivity contribution in [2.45, 2.75) is 38.4 Å². The molecule has 0 saturated carbocycles. The monoisotopic (exact) mass is 224 g/mol. The zero-order valence-electron chi connectivity index (χ0n) is 9.57. The lowest BCUT2D eigenvalue weighted by Crippen LogP contribution is -2.10. The minimum atomic E-state index is 0.334. The lowest BCUT2D eigenvalue weighted by atomic mass is 10.1. The molecule has 0 heterocycles. The molecule has 0 amide bonds. The van der Waals surface area contributed by atoms with Crippen LogP contribution in [0.4, 0.5) is 0 Å². The predicted molar refractivity (Wildman–Crippen MR) is 69.0 cm³/mol. The van der Waals surface area contributed by atoms with Gasteiger partial charge in [-0.3, -0.25) is 0 Å².